The highest BCUT2D eigenvalue weighted by Crippen LogP contribution is 2.25. The molecule has 144 valence electrons. The normalized spacial score (nSPS) is 14.5. The Morgan fingerprint density at radius 1 is 1.30 bits per heavy atom. The molecule has 1 fully saturated rings. The Labute approximate surface area is 157 Å². The molecule has 1 N–H and O–H groups in total. The van der Waals surface area contributed by atoms with E-state index < -0.39 is 12.8 Å². The van der Waals surface area contributed by atoms with Crippen LogP contribution in [0.3, 0.4) is 0 Å². The minimum absolute atomic E-state index is 0.0326. The van der Waals surface area contributed by atoms with Gasteiger partial charge in [0.25, 0.3) is 0 Å². The minimum Gasteiger partial charge on any atom is -0.484 e. The lowest BCUT2D eigenvalue weighted by molar-refractivity contribution is -0.153. The van der Waals surface area contributed by atoms with E-state index in [1.54, 1.807) is 10.3 Å². The predicted molar refractivity (Wildman–Crippen MR) is 94.0 cm³/mol. The predicted octanol–water partition coefficient (Wildman–Crippen LogP) is 3.39. The maximum Gasteiger partial charge on any atom is 0.422 e. The van der Waals surface area contributed by atoms with Gasteiger partial charge in [0.05, 0.1) is 12.1 Å². The molecule has 2 aromatic rings. The Morgan fingerprint density at radius 2 is 2.04 bits per heavy atom. The van der Waals surface area contributed by atoms with Crippen LogP contribution in [0.2, 0.25) is 0 Å². The van der Waals surface area contributed by atoms with Crippen molar-refractivity contribution in [1.29, 1.82) is 0 Å². The van der Waals surface area contributed by atoms with Crippen molar-refractivity contribution in [3.05, 3.63) is 35.3 Å². The molecule has 10 heteroatoms. The van der Waals surface area contributed by atoms with Gasteiger partial charge in [-0.1, -0.05) is 0 Å². The fraction of sp³-hybridized carbons (Fsp3) is 0.353. The molecule has 2 amide bonds. The first-order chi connectivity index (χ1) is 12.8. The quantitative estimate of drug-likeness (QED) is 0.808. The Morgan fingerprint density at radius 3 is 2.67 bits per heavy atom. The number of nitrogens with one attached hydrogen (secondary N) is 1. The highest BCUT2D eigenvalue weighted by atomic mass is 32.1. The van der Waals surface area contributed by atoms with Gasteiger partial charge in [0.15, 0.2) is 11.7 Å². The third kappa shape index (κ3) is 5.43. The number of halogens is 3. The average Bonchev–Trinajstić information content (AvgIpc) is 3.22. The molecular weight excluding hydrogens is 383 g/mol. The first kappa shape index (κ1) is 19.2. The molecular formula is C17H16F3N3O3S. The number of hydrogen-bond acceptors (Lipinski definition) is 5. The van der Waals surface area contributed by atoms with Gasteiger partial charge < -0.3 is 10.1 Å². The van der Waals surface area contributed by atoms with E-state index in [0.717, 1.165) is 6.42 Å². The summed E-state index contributed by atoms with van der Waals surface area (Å²) in [5, 5.41) is 4.96. The average molecular weight is 399 g/mol. The highest BCUT2D eigenvalue weighted by Gasteiger charge is 2.28. The molecule has 0 aliphatic carbocycles. The number of anilines is 2. The van der Waals surface area contributed by atoms with E-state index in [4.69, 9.17) is 0 Å². The van der Waals surface area contributed by atoms with Gasteiger partial charge in [-0.15, -0.1) is 11.3 Å². The van der Waals surface area contributed by atoms with Crippen LogP contribution in [0.15, 0.2) is 29.6 Å². The zero-order valence-electron chi connectivity index (χ0n) is 14.1. The Hall–Kier alpha value is -2.62. The van der Waals surface area contributed by atoms with Crippen molar-refractivity contribution in [3.8, 4) is 5.75 Å². The summed E-state index contributed by atoms with van der Waals surface area (Å²) in [6, 6.07) is 5.61. The van der Waals surface area contributed by atoms with Crippen molar-refractivity contribution in [1.82, 2.24) is 4.98 Å². The van der Waals surface area contributed by atoms with Crippen molar-refractivity contribution in [3.63, 3.8) is 0 Å². The maximum absolute atomic E-state index is 12.1. The Balaban J connectivity index is 1.52. The number of amides is 2. The van der Waals surface area contributed by atoms with Crippen LogP contribution >= 0.6 is 11.3 Å². The van der Waals surface area contributed by atoms with Gasteiger partial charge >= 0.3 is 6.18 Å². The summed E-state index contributed by atoms with van der Waals surface area (Å²) >= 11 is 1.31. The zero-order chi connectivity index (χ0) is 19.4. The van der Waals surface area contributed by atoms with Crippen LogP contribution in [0, 0.1) is 0 Å². The molecule has 1 saturated heterocycles. The van der Waals surface area contributed by atoms with E-state index in [9.17, 15) is 22.8 Å². The number of thiazole rings is 1. The van der Waals surface area contributed by atoms with Crippen LogP contribution in [0.25, 0.3) is 0 Å². The van der Waals surface area contributed by atoms with Crippen LogP contribution in [0.1, 0.15) is 18.5 Å². The molecule has 1 aliphatic rings. The molecule has 0 atom stereocenters. The summed E-state index contributed by atoms with van der Waals surface area (Å²) in [4.78, 5) is 29.8. The van der Waals surface area contributed by atoms with Gasteiger partial charge in [-0.25, -0.2) is 4.98 Å². The number of ether oxygens (including phenoxy) is 1. The van der Waals surface area contributed by atoms with Gasteiger partial charge in [-0.05, 0) is 30.7 Å². The van der Waals surface area contributed by atoms with Crippen LogP contribution in [-0.2, 0) is 16.0 Å². The van der Waals surface area contributed by atoms with E-state index >= 15 is 0 Å². The van der Waals surface area contributed by atoms with Crippen molar-refractivity contribution in [2.75, 3.05) is 23.4 Å². The van der Waals surface area contributed by atoms with Crippen molar-refractivity contribution in [2.45, 2.75) is 25.4 Å². The second-order valence-electron chi connectivity index (χ2n) is 5.92. The summed E-state index contributed by atoms with van der Waals surface area (Å²) in [5.41, 5.74) is 0.988. The Kier molecular flexibility index (Phi) is 5.64. The number of nitrogens with zero attached hydrogens (tertiary/aromatic N) is 2. The summed E-state index contributed by atoms with van der Waals surface area (Å²) in [6.07, 6.45) is -3.06. The Bertz CT molecular complexity index is 821. The molecule has 0 bridgehead atoms. The number of carbonyl (C=O) groups excluding carboxylic acids is 2. The lowest BCUT2D eigenvalue weighted by Gasteiger charge is -2.10. The van der Waals surface area contributed by atoms with E-state index in [1.165, 1.54) is 35.6 Å². The van der Waals surface area contributed by atoms with Crippen molar-refractivity contribution >= 4 is 34.0 Å². The van der Waals surface area contributed by atoms with Crippen molar-refractivity contribution in [2.24, 2.45) is 0 Å². The van der Waals surface area contributed by atoms with Crippen LogP contribution < -0.4 is 15.0 Å². The van der Waals surface area contributed by atoms with Crippen LogP contribution in [0.4, 0.5) is 24.0 Å². The molecule has 6 nitrogen and oxygen atoms in total. The number of hydrogen-bond donors (Lipinski definition) is 1. The highest BCUT2D eigenvalue weighted by molar-refractivity contribution is 7.14. The van der Waals surface area contributed by atoms with Crippen LogP contribution in [0.5, 0.6) is 5.75 Å². The summed E-state index contributed by atoms with van der Waals surface area (Å²) in [6.45, 7) is -0.731. The van der Waals surface area contributed by atoms with Crippen molar-refractivity contribution < 1.29 is 27.5 Å². The monoisotopic (exact) mass is 399 g/mol. The number of carbonyl (C=O) groups is 2. The summed E-state index contributed by atoms with van der Waals surface area (Å²) < 4.78 is 40.9. The molecule has 0 unspecified atom stereocenters. The zero-order valence-corrected chi connectivity index (χ0v) is 14.9. The second kappa shape index (κ2) is 7.95. The van der Waals surface area contributed by atoms with Gasteiger partial charge in [0.2, 0.25) is 11.8 Å². The smallest absolute Gasteiger partial charge is 0.422 e. The molecule has 3 rings (SSSR count). The third-order valence-corrected chi connectivity index (χ3v) is 4.64. The molecule has 0 radical (unpaired) electrons. The largest absolute Gasteiger partial charge is 0.484 e. The lowest BCUT2D eigenvalue weighted by atomic mass is 10.2. The molecule has 1 aromatic heterocycles. The summed E-state index contributed by atoms with van der Waals surface area (Å²) in [7, 11) is 0. The SMILES string of the molecule is O=C(Cc1csc(N2CCCC2=O)n1)Nc1ccc(OCC(F)(F)F)cc1. The molecule has 2 heterocycles. The third-order valence-electron chi connectivity index (χ3n) is 3.73. The number of rotatable bonds is 6. The minimum atomic E-state index is -4.40. The molecule has 27 heavy (non-hydrogen) atoms. The van der Waals surface area contributed by atoms with E-state index in [-0.39, 0.29) is 24.0 Å². The molecule has 1 aliphatic heterocycles. The standard InChI is InChI=1S/C17H16F3N3O3S/c18-17(19,20)10-26-13-5-3-11(4-6-13)21-14(24)8-12-9-27-16(22-12)23-7-1-2-15(23)25/h3-6,9H,1-2,7-8,10H2,(H,21,24). The maximum atomic E-state index is 12.1. The molecule has 0 saturated carbocycles. The summed E-state index contributed by atoms with van der Waals surface area (Å²) in [5.74, 6) is -0.221. The molecule has 0 spiro atoms. The number of alkyl halides is 3. The fourth-order valence-corrected chi connectivity index (χ4v) is 3.39. The second-order valence-corrected chi connectivity index (χ2v) is 6.76. The first-order valence-corrected chi connectivity index (χ1v) is 9.02. The van der Waals surface area contributed by atoms with E-state index in [2.05, 4.69) is 15.0 Å². The molecule has 1 aromatic carbocycles. The topological polar surface area (TPSA) is 71.5 Å². The first-order valence-electron chi connectivity index (χ1n) is 8.14. The van der Waals surface area contributed by atoms with Gasteiger partial charge in [0, 0.05) is 24.0 Å². The van der Waals surface area contributed by atoms with Gasteiger partial charge in [0.1, 0.15) is 5.75 Å². The number of aromatic nitrogens is 1. The number of benzene rings is 1. The van der Waals surface area contributed by atoms with Crippen LogP contribution in [-0.4, -0.2) is 36.1 Å². The lowest BCUT2D eigenvalue weighted by Crippen LogP contribution is -2.23. The fourth-order valence-electron chi connectivity index (χ4n) is 2.52. The van der Waals surface area contributed by atoms with Gasteiger partial charge in [-0.2, -0.15) is 13.2 Å². The van der Waals surface area contributed by atoms with Gasteiger partial charge in [-0.3, -0.25) is 14.5 Å². The van der Waals surface area contributed by atoms with E-state index in [0.29, 0.717) is 29.5 Å². The van der Waals surface area contributed by atoms with E-state index in [1.807, 2.05) is 0 Å².